The first-order valence-corrected chi connectivity index (χ1v) is 8.17. The SMILES string of the molecule is Cc1ccc(S(=O)(=O)N[C@@H](C)C(=O)Nc2ccncc2)cc1. The fourth-order valence-electron chi connectivity index (χ4n) is 1.76. The third kappa shape index (κ3) is 4.12. The number of hydrogen-bond donors (Lipinski definition) is 2. The van der Waals surface area contributed by atoms with Crippen molar-refractivity contribution in [2.45, 2.75) is 24.8 Å². The summed E-state index contributed by atoms with van der Waals surface area (Å²) in [5, 5.41) is 2.62. The van der Waals surface area contributed by atoms with Crippen LogP contribution in [-0.4, -0.2) is 25.4 Å². The molecule has 0 aliphatic rings. The van der Waals surface area contributed by atoms with Crippen molar-refractivity contribution in [3.8, 4) is 0 Å². The van der Waals surface area contributed by atoms with Crippen LogP contribution in [-0.2, 0) is 14.8 Å². The minimum absolute atomic E-state index is 0.127. The molecule has 0 saturated carbocycles. The van der Waals surface area contributed by atoms with E-state index in [1.54, 1.807) is 24.3 Å². The Morgan fingerprint density at radius 3 is 2.27 bits per heavy atom. The van der Waals surface area contributed by atoms with E-state index in [2.05, 4.69) is 15.0 Å². The van der Waals surface area contributed by atoms with Gasteiger partial charge in [0.15, 0.2) is 0 Å². The van der Waals surface area contributed by atoms with E-state index in [4.69, 9.17) is 0 Å². The molecule has 2 N–H and O–H groups in total. The average Bonchev–Trinajstić information content (AvgIpc) is 2.48. The van der Waals surface area contributed by atoms with Gasteiger partial charge in [-0.2, -0.15) is 4.72 Å². The smallest absolute Gasteiger partial charge is 0.242 e. The van der Waals surface area contributed by atoms with Crippen LogP contribution in [0.15, 0.2) is 53.7 Å². The van der Waals surface area contributed by atoms with E-state index in [1.165, 1.54) is 31.5 Å². The molecule has 0 bridgehead atoms. The molecule has 116 valence electrons. The average molecular weight is 319 g/mol. The Morgan fingerprint density at radius 2 is 1.68 bits per heavy atom. The second-order valence-electron chi connectivity index (χ2n) is 4.88. The highest BCUT2D eigenvalue weighted by atomic mass is 32.2. The molecule has 1 heterocycles. The predicted octanol–water partition coefficient (Wildman–Crippen LogP) is 1.70. The molecular formula is C15H17N3O3S. The summed E-state index contributed by atoms with van der Waals surface area (Å²) in [7, 11) is -3.74. The molecule has 0 aliphatic carbocycles. The molecule has 22 heavy (non-hydrogen) atoms. The summed E-state index contributed by atoms with van der Waals surface area (Å²) in [6.07, 6.45) is 3.08. The fraction of sp³-hybridized carbons (Fsp3) is 0.200. The Morgan fingerprint density at radius 1 is 1.09 bits per heavy atom. The number of sulfonamides is 1. The van der Waals surface area contributed by atoms with Crippen LogP contribution in [0.5, 0.6) is 0 Å². The van der Waals surface area contributed by atoms with Crippen molar-refractivity contribution in [3.63, 3.8) is 0 Å². The van der Waals surface area contributed by atoms with Gasteiger partial charge in [0.25, 0.3) is 0 Å². The summed E-state index contributed by atoms with van der Waals surface area (Å²) >= 11 is 0. The van der Waals surface area contributed by atoms with E-state index in [1.807, 2.05) is 6.92 Å². The molecular weight excluding hydrogens is 302 g/mol. The van der Waals surface area contributed by atoms with Crippen molar-refractivity contribution in [2.24, 2.45) is 0 Å². The van der Waals surface area contributed by atoms with E-state index in [-0.39, 0.29) is 4.90 Å². The number of nitrogens with zero attached hydrogens (tertiary/aromatic N) is 1. The lowest BCUT2D eigenvalue weighted by Gasteiger charge is -2.14. The number of carbonyl (C=O) groups excluding carboxylic acids is 1. The molecule has 1 amide bonds. The number of pyridine rings is 1. The molecule has 0 aliphatic heterocycles. The molecule has 0 spiro atoms. The zero-order valence-electron chi connectivity index (χ0n) is 12.3. The summed E-state index contributed by atoms with van der Waals surface area (Å²) in [6.45, 7) is 3.36. The van der Waals surface area contributed by atoms with E-state index >= 15 is 0 Å². The van der Waals surface area contributed by atoms with Gasteiger partial charge in [0.05, 0.1) is 10.9 Å². The van der Waals surface area contributed by atoms with Gasteiger partial charge in [0.1, 0.15) is 0 Å². The highest BCUT2D eigenvalue weighted by Gasteiger charge is 2.21. The molecule has 0 unspecified atom stereocenters. The van der Waals surface area contributed by atoms with Crippen LogP contribution in [0.2, 0.25) is 0 Å². The summed E-state index contributed by atoms with van der Waals surface area (Å²) < 4.78 is 26.8. The summed E-state index contributed by atoms with van der Waals surface area (Å²) in [5.74, 6) is -0.443. The fourth-order valence-corrected chi connectivity index (χ4v) is 2.96. The zero-order chi connectivity index (χ0) is 16.2. The van der Waals surface area contributed by atoms with Gasteiger partial charge in [-0.1, -0.05) is 17.7 Å². The maximum absolute atomic E-state index is 12.2. The number of hydrogen-bond acceptors (Lipinski definition) is 4. The molecule has 0 fully saturated rings. The molecule has 0 saturated heterocycles. The predicted molar refractivity (Wildman–Crippen MR) is 83.8 cm³/mol. The first kappa shape index (κ1) is 16.1. The Balaban J connectivity index is 2.05. The number of nitrogens with one attached hydrogen (secondary N) is 2. The maximum atomic E-state index is 12.2. The first-order chi connectivity index (χ1) is 10.4. The van der Waals surface area contributed by atoms with Crippen LogP contribution in [0.4, 0.5) is 5.69 Å². The van der Waals surface area contributed by atoms with Crippen LogP contribution in [0, 0.1) is 6.92 Å². The van der Waals surface area contributed by atoms with Gasteiger partial charge in [-0.3, -0.25) is 9.78 Å². The van der Waals surface area contributed by atoms with Crippen LogP contribution in [0.3, 0.4) is 0 Å². The first-order valence-electron chi connectivity index (χ1n) is 6.68. The van der Waals surface area contributed by atoms with Crippen molar-refractivity contribution < 1.29 is 13.2 Å². The Bertz CT molecular complexity index is 743. The number of aryl methyl sites for hydroxylation is 1. The highest BCUT2D eigenvalue weighted by Crippen LogP contribution is 2.11. The van der Waals surface area contributed by atoms with E-state index in [9.17, 15) is 13.2 Å². The van der Waals surface area contributed by atoms with Crippen molar-refractivity contribution in [2.75, 3.05) is 5.32 Å². The normalized spacial score (nSPS) is 12.6. The van der Waals surface area contributed by atoms with Crippen LogP contribution >= 0.6 is 0 Å². The number of rotatable bonds is 5. The van der Waals surface area contributed by atoms with Gasteiger partial charge in [-0.25, -0.2) is 8.42 Å². The number of anilines is 1. The van der Waals surface area contributed by atoms with E-state index < -0.39 is 22.0 Å². The van der Waals surface area contributed by atoms with Gasteiger partial charge < -0.3 is 5.32 Å². The summed E-state index contributed by atoms with van der Waals surface area (Å²) in [5.41, 5.74) is 1.52. The molecule has 2 rings (SSSR count). The van der Waals surface area contributed by atoms with Gasteiger partial charge in [0, 0.05) is 18.1 Å². The zero-order valence-corrected chi connectivity index (χ0v) is 13.1. The van der Waals surface area contributed by atoms with E-state index in [0.717, 1.165) is 5.56 Å². The molecule has 7 heteroatoms. The Hall–Kier alpha value is -2.25. The van der Waals surface area contributed by atoms with Crippen LogP contribution in [0.25, 0.3) is 0 Å². The second-order valence-corrected chi connectivity index (χ2v) is 6.60. The third-order valence-electron chi connectivity index (χ3n) is 3.00. The topological polar surface area (TPSA) is 88.2 Å². The minimum atomic E-state index is -3.74. The Kier molecular flexibility index (Phi) is 4.89. The van der Waals surface area contributed by atoms with Crippen molar-refractivity contribution in [1.82, 2.24) is 9.71 Å². The molecule has 1 atom stereocenters. The highest BCUT2D eigenvalue weighted by molar-refractivity contribution is 7.89. The van der Waals surface area contributed by atoms with Crippen molar-refractivity contribution >= 4 is 21.6 Å². The van der Waals surface area contributed by atoms with Gasteiger partial charge in [-0.15, -0.1) is 0 Å². The second kappa shape index (κ2) is 6.67. The molecule has 0 radical (unpaired) electrons. The lowest BCUT2D eigenvalue weighted by atomic mass is 10.2. The lowest BCUT2D eigenvalue weighted by molar-refractivity contribution is -0.117. The van der Waals surface area contributed by atoms with Gasteiger partial charge in [0.2, 0.25) is 15.9 Å². The third-order valence-corrected chi connectivity index (χ3v) is 4.56. The number of amides is 1. The quantitative estimate of drug-likeness (QED) is 0.878. The standard InChI is InChI=1S/C15H17N3O3S/c1-11-3-5-14(6-4-11)22(20,21)18-12(2)15(19)17-13-7-9-16-10-8-13/h3-10,12,18H,1-2H3,(H,16,17,19)/t12-/m0/s1. The summed E-state index contributed by atoms with van der Waals surface area (Å²) in [4.78, 5) is 16.0. The van der Waals surface area contributed by atoms with Crippen LogP contribution in [0.1, 0.15) is 12.5 Å². The minimum Gasteiger partial charge on any atom is -0.325 e. The molecule has 2 aromatic rings. The molecule has 1 aromatic carbocycles. The molecule has 6 nitrogen and oxygen atoms in total. The largest absolute Gasteiger partial charge is 0.325 e. The number of benzene rings is 1. The number of carbonyl (C=O) groups is 1. The van der Waals surface area contributed by atoms with Gasteiger partial charge in [-0.05, 0) is 38.1 Å². The van der Waals surface area contributed by atoms with Crippen LogP contribution < -0.4 is 10.0 Å². The number of aromatic nitrogens is 1. The maximum Gasteiger partial charge on any atom is 0.242 e. The Labute approximate surface area is 129 Å². The van der Waals surface area contributed by atoms with E-state index in [0.29, 0.717) is 5.69 Å². The monoisotopic (exact) mass is 319 g/mol. The lowest BCUT2D eigenvalue weighted by Crippen LogP contribution is -2.41. The van der Waals surface area contributed by atoms with Gasteiger partial charge >= 0.3 is 0 Å². The molecule has 1 aromatic heterocycles. The van der Waals surface area contributed by atoms with Crippen molar-refractivity contribution in [3.05, 3.63) is 54.4 Å². The van der Waals surface area contributed by atoms with Crippen molar-refractivity contribution in [1.29, 1.82) is 0 Å². The summed E-state index contributed by atoms with van der Waals surface area (Å²) in [6, 6.07) is 8.76.